The highest BCUT2D eigenvalue weighted by Crippen LogP contribution is 2.39. The van der Waals surface area contributed by atoms with Gasteiger partial charge in [-0.25, -0.2) is 4.39 Å². The molecule has 2 heterocycles. The molecule has 0 unspecified atom stereocenters. The number of carbonyl (C=O) groups excluding carboxylic acids is 2. The van der Waals surface area contributed by atoms with Crippen molar-refractivity contribution >= 4 is 17.8 Å². The van der Waals surface area contributed by atoms with Crippen LogP contribution in [0.5, 0.6) is 17.4 Å². The van der Waals surface area contributed by atoms with Crippen molar-refractivity contribution in [3.05, 3.63) is 76.5 Å². The van der Waals surface area contributed by atoms with E-state index in [0.29, 0.717) is 29.2 Å². The number of methoxy groups -OCH3 is 1. The van der Waals surface area contributed by atoms with E-state index in [0.717, 1.165) is 0 Å². The van der Waals surface area contributed by atoms with Gasteiger partial charge in [0.05, 0.1) is 19.1 Å². The Morgan fingerprint density at radius 1 is 1.23 bits per heavy atom. The van der Waals surface area contributed by atoms with E-state index >= 15 is 0 Å². The van der Waals surface area contributed by atoms with Crippen LogP contribution in [0.3, 0.4) is 0 Å². The van der Waals surface area contributed by atoms with Crippen molar-refractivity contribution in [2.24, 2.45) is 0 Å². The molecule has 7 nitrogen and oxygen atoms in total. The van der Waals surface area contributed by atoms with E-state index in [1.54, 1.807) is 31.2 Å². The van der Waals surface area contributed by atoms with Crippen molar-refractivity contribution in [2.45, 2.75) is 19.8 Å². The van der Waals surface area contributed by atoms with E-state index in [4.69, 9.17) is 18.7 Å². The second-order valence-electron chi connectivity index (χ2n) is 6.84. The number of ketones is 1. The number of allylic oxidation sites excluding steroid dienone is 1. The predicted molar refractivity (Wildman–Crippen MR) is 108 cm³/mol. The van der Waals surface area contributed by atoms with Gasteiger partial charge in [-0.15, -0.1) is 0 Å². The van der Waals surface area contributed by atoms with Crippen molar-refractivity contribution in [1.82, 2.24) is 5.16 Å². The molecule has 2 aromatic carbocycles. The van der Waals surface area contributed by atoms with Crippen molar-refractivity contribution in [3.63, 3.8) is 0 Å². The molecule has 4 rings (SSSR count). The number of hydrogen-bond donors (Lipinski definition) is 0. The molecule has 0 saturated carbocycles. The van der Waals surface area contributed by atoms with E-state index in [9.17, 15) is 14.0 Å². The summed E-state index contributed by atoms with van der Waals surface area (Å²) in [5, 5.41) is 3.67. The largest absolute Gasteiger partial charge is 0.479 e. The molecule has 0 amide bonds. The molecule has 1 aliphatic heterocycles. The molecule has 3 aromatic rings. The molecule has 0 spiro atoms. The van der Waals surface area contributed by atoms with Crippen LogP contribution < -0.4 is 14.2 Å². The molecule has 0 fully saturated rings. The lowest BCUT2D eigenvalue weighted by molar-refractivity contribution is -0.134. The fraction of sp³-hybridized carbons (Fsp3) is 0.174. The standard InChI is InChI=1S/C23H18FNO6/c1-13-18(29-21(26)10-7-15-12-20(28-2)25-31-15)9-8-16-22(27)19(30-23(13)16)11-14-5-3-4-6-17(14)24/h3-6,8-9,11-12H,7,10H2,1-2H3/b19-11-. The lowest BCUT2D eigenvalue weighted by Crippen LogP contribution is -2.10. The molecular weight excluding hydrogens is 405 g/mol. The SMILES string of the molecule is COc1cc(CCC(=O)Oc2ccc3c(c2C)O/C(=C\c2ccccc2F)C3=O)on1. The fourth-order valence-electron chi connectivity index (χ4n) is 3.12. The number of nitrogens with zero attached hydrogens (tertiary/aromatic N) is 1. The average molecular weight is 423 g/mol. The van der Waals surface area contributed by atoms with Gasteiger partial charge in [0.1, 0.15) is 23.1 Å². The Labute approximate surface area is 177 Å². The highest BCUT2D eigenvalue weighted by molar-refractivity contribution is 6.15. The van der Waals surface area contributed by atoms with E-state index < -0.39 is 11.8 Å². The van der Waals surface area contributed by atoms with Gasteiger partial charge in [0, 0.05) is 23.6 Å². The first-order chi connectivity index (χ1) is 15.0. The number of rotatable bonds is 6. The van der Waals surface area contributed by atoms with Crippen LogP contribution in [0.15, 0.2) is 52.7 Å². The topological polar surface area (TPSA) is 87.9 Å². The summed E-state index contributed by atoms with van der Waals surface area (Å²) in [4.78, 5) is 24.9. The van der Waals surface area contributed by atoms with Gasteiger partial charge in [0.15, 0.2) is 5.76 Å². The number of aryl methyl sites for hydroxylation is 1. The number of carbonyl (C=O) groups is 2. The molecule has 0 saturated heterocycles. The highest BCUT2D eigenvalue weighted by Gasteiger charge is 2.30. The van der Waals surface area contributed by atoms with E-state index in [1.165, 1.54) is 31.4 Å². The van der Waals surface area contributed by atoms with Crippen LogP contribution in [-0.4, -0.2) is 24.0 Å². The van der Waals surface area contributed by atoms with Gasteiger partial charge in [-0.05, 0) is 36.4 Å². The zero-order valence-corrected chi connectivity index (χ0v) is 16.8. The lowest BCUT2D eigenvalue weighted by Gasteiger charge is -2.09. The summed E-state index contributed by atoms with van der Waals surface area (Å²) in [6, 6.07) is 10.7. The summed E-state index contributed by atoms with van der Waals surface area (Å²) in [5.74, 6) is 0.0966. The minimum absolute atomic E-state index is 0.00550. The molecule has 0 atom stereocenters. The number of ether oxygens (including phenoxy) is 3. The Bertz CT molecular complexity index is 1200. The van der Waals surface area contributed by atoms with Crippen LogP contribution in [0.25, 0.3) is 6.08 Å². The highest BCUT2D eigenvalue weighted by atomic mass is 19.1. The maximum Gasteiger partial charge on any atom is 0.311 e. The summed E-state index contributed by atoms with van der Waals surface area (Å²) in [6.45, 7) is 1.68. The van der Waals surface area contributed by atoms with Crippen molar-refractivity contribution < 1.29 is 32.7 Å². The number of Topliss-reactive ketones (excluding diaryl/α,β-unsaturated/α-hetero) is 1. The normalized spacial score (nSPS) is 13.8. The van der Waals surface area contributed by atoms with Crippen molar-refractivity contribution in [3.8, 4) is 17.4 Å². The molecular formula is C23H18FNO6. The Kier molecular flexibility index (Phi) is 5.53. The molecule has 1 aromatic heterocycles. The van der Waals surface area contributed by atoms with Gasteiger partial charge in [-0.3, -0.25) is 9.59 Å². The first-order valence-corrected chi connectivity index (χ1v) is 9.49. The zero-order chi connectivity index (χ0) is 22.0. The van der Waals surface area contributed by atoms with Gasteiger partial charge in [-0.2, -0.15) is 0 Å². The first kappa shape index (κ1) is 20.3. The summed E-state index contributed by atoms with van der Waals surface area (Å²) in [7, 11) is 1.47. The average Bonchev–Trinajstić information content (AvgIpc) is 3.35. The van der Waals surface area contributed by atoms with Crippen LogP contribution in [-0.2, 0) is 11.2 Å². The summed E-state index contributed by atoms with van der Waals surface area (Å²) >= 11 is 0. The van der Waals surface area contributed by atoms with Crippen LogP contribution in [0, 0.1) is 12.7 Å². The summed E-state index contributed by atoms with van der Waals surface area (Å²) in [5.41, 5.74) is 1.07. The maximum absolute atomic E-state index is 13.9. The number of benzene rings is 2. The van der Waals surface area contributed by atoms with E-state index in [2.05, 4.69) is 5.16 Å². The van der Waals surface area contributed by atoms with Gasteiger partial charge < -0.3 is 18.7 Å². The number of hydrogen-bond acceptors (Lipinski definition) is 7. The van der Waals surface area contributed by atoms with Gasteiger partial charge in [-0.1, -0.05) is 18.2 Å². The minimum atomic E-state index is -0.482. The lowest BCUT2D eigenvalue weighted by atomic mass is 10.1. The Hall–Kier alpha value is -3.94. The number of fused-ring (bicyclic) bond motifs is 1. The second kappa shape index (κ2) is 8.43. The molecule has 158 valence electrons. The number of esters is 1. The predicted octanol–water partition coefficient (Wildman–Crippen LogP) is 4.29. The quantitative estimate of drug-likeness (QED) is 0.332. The zero-order valence-electron chi connectivity index (χ0n) is 16.8. The number of halogens is 1. The van der Waals surface area contributed by atoms with Crippen LogP contribution in [0.2, 0.25) is 0 Å². The number of aromatic nitrogens is 1. The Morgan fingerprint density at radius 3 is 2.77 bits per heavy atom. The molecule has 8 heteroatoms. The molecule has 0 N–H and O–H groups in total. The smallest absolute Gasteiger partial charge is 0.311 e. The third-order valence-corrected chi connectivity index (χ3v) is 4.77. The van der Waals surface area contributed by atoms with E-state index in [-0.39, 0.29) is 35.0 Å². The Morgan fingerprint density at radius 2 is 2.03 bits per heavy atom. The van der Waals surface area contributed by atoms with Gasteiger partial charge >= 0.3 is 5.97 Å². The second-order valence-corrected chi connectivity index (χ2v) is 6.84. The molecule has 0 bridgehead atoms. The first-order valence-electron chi connectivity index (χ1n) is 9.49. The monoisotopic (exact) mass is 423 g/mol. The fourth-order valence-corrected chi connectivity index (χ4v) is 3.12. The van der Waals surface area contributed by atoms with Crippen LogP contribution in [0.4, 0.5) is 4.39 Å². The minimum Gasteiger partial charge on any atom is -0.479 e. The third-order valence-electron chi connectivity index (χ3n) is 4.77. The molecule has 0 radical (unpaired) electrons. The van der Waals surface area contributed by atoms with Crippen LogP contribution >= 0.6 is 0 Å². The molecule has 0 aliphatic carbocycles. The third kappa shape index (κ3) is 4.18. The molecule has 31 heavy (non-hydrogen) atoms. The van der Waals surface area contributed by atoms with Crippen LogP contribution in [0.1, 0.15) is 33.7 Å². The van der Waals surface area contributed by atoms with Gasteiger partial charge in [0.25, 0.3) is 5.88 Å². The Balaban J connectivity index is 1.48. The maximum atomic E-state index is 13.9. The van der Waals surface area contributed by atoms with Gasteiger partial charge in [0.2, 0.25) is 5.78 Å². The van der Waals surface area contributed by atoms with Crippen molar-refractivity contribution in [2.75, 3.05) is 7.11 Å². The summed E-state index contributed by atoms with van der Waals surface area (Å²) in [6.07, 6.45) is 1.71. The molecule has 1 aliphatic rings. The van der Waals surface area contributed by atoms with E-state index in [1.807, 2.05) is 0 Å². The summed E-state index contributed by atoms with van der Waals surface area (Å²) < 4.78 is 35.0. The van der Waals surface area contributed by atoms with Crippen molar-refractivity contribution in [1.29, 1.82) is 0 Å².